The van der Waals surface area contributed by atoms with Crippen LogP contribution >= 0.6 is 34.8 Å². The van der Waals surface area contributed by atoms with E-state index in [1.165, 1.54) is 30.2 Å². The SMILES string of the molecule is COc1ccc(C(=O)N(C)C)cc1NC(=O)COc1cc(Cl)c(Cl)cc1Cl. The Morgan fingerprint density at radius 2 is 1.67 bits per heavy atom. The normalized spacial score (nSPS) is 10.3. The van der Waals surface area contributed by atoms with Gasteiger partial charge in [0.15, 0.2) is 6.61 Å². The standard InChI is InChI=1S/C18H17Cl3N2O4/c1-23(2)18(25)10-4-5-15(26-3)14(6-10)22-17(24)9-27-16-8-12(20)11(19)7-13(16)21/h4-8H,9H2,1-3H3,(H,22,24). The molecule has 1 N–H and O–H groups in total. The topological polar surface area (TPSA) is 67.9 Å². The van der Waals surface area contributed by atoms with Crippen LogP contribution in [0.2, 0.25) is 15.1 Å². The van der Waals surface area contributed by atoms with Gasteiger partial charge < -0.3 is 19.7 Å². The van der Waals surface area contributed by atoms with E-state index in [0.717, 1.165) is 0 Å². The largest absolute Gasteiger partial charge is 0.495 e. The molecule has 0 atom stereocenters. The van der Waals surface area contributed by atoms with E-state index in [1.807, 2.05) is 0 Å². The lowest BCUT2D eigenvalue weighted by Gasteiger charge is -2.15. The number of nitrogens with one attached hydrogen (secondary N) is 1. The number of ether oxygens (including phenoxy) is 2. The molecule has 27 heavy (non-hydrogen) atoms. The molecule has 0 spiro atoms. The Bertz CT molecular complexity index is 872. The molecule has 144 valence electrons. The minimum absolute atomic E-state index is 0.202. The molecule has 2 aromatic carbocycles. The van der Waals surface area contributed by atoms with Crippen LogP contribution in [0.15, 0.2) is 30.3 Å². The highest BCUT2D eigenvalue weighted by Gasteiger charge is 2.15. The van der Waals surface area contributed by atoms with Crippen molar-refractivity contribution in [2.75, 3.05) is 33.1 Å². The first-order valence-electron chi connectivity index (χ1n) is 7.69. The Kier molecular flexibility index (Phi) is 7.18. The molecule has 2 amide bonds. The second kappa shape index (κ2) is 9.17. The second-order valence-corrected chi connectivity index (χ2v) is 6.87. The lowest BCUT2D eigenvalue weighted by molar-refractivity contribution is -0.118. The van der Waals surface area contributed by atoms with E-state index in [1.54, 1.807) is 26.2 Å². The summed E-state index contributed by atoms with van der Waals surface area (Å²) in [6.07, 6.45) is 0. The monoisotopic (exact) mass is 430 g/mol. The van der Waals surface area contributed by atoms with Gasteiger partial charge in [0.05, 0.1) is 27.9 Å². The quantitative estimate of drug-likeness (QED) is 0.690. The van der Waals surface area contributed by atoms with Gasteiger partial charge in [0.25, 0.3) is 11.8 Å². The molecule has 0 saturated heterocycles. The van der Waals surface area contributed by atoms with Crippen molar-refractivity contribution in [1.29, 1.82) is 0 Å². The zero-order valence-electron chi connectivity index (χ0n) is 14.8. The number of methoxy groups -OCH3 is 1. The maximum Gasteiger partial charge on any atom is 0.262 e. The van der Waals surface area contributed by atoms with E-state index in [2.05, 4.69) is 5.32 Å². The van der Waals surface area contributed by atoms with E-state index in [0.29, 0.717) is 17.0 Å². The summed E-state index contributed by atoms with van der Waals surface area (Å²) >= 11 is 17.8. The number of rotatable bonds is 6. The van der Waals surface area contributed by atoms with Gasteiger partial charge in [-0.1, -0.05) is 34.8 Å². The van der Waals surface area contributed by atoms with Gasteiger partial charge in [-0.3, -0.25) is 9.59 Å². The van der Waals surface area contributed by atoms with Gasteiger partial charge in [0, 0.05) is 25.7 Å². The number of amides is 2. The van der Waals surface area contributed by atoms with Crippen LogP contribution in [-0.2, 0) is 4.79 Å². The van der Waals surface area contributed by atoms with Gasteiger partial charge in [-0.2, -0.15) is 0 Å². The summed E-state index contributed by atoms with van der Waals surface area (Å²) in [7, 11) is 4.74. The molecule has 0 saturated carbocycles. The number of hydrogen-bond donors (Lipinski definition) is 1. The van der Waals surface area contributed by atoms with Gasteiger partial charge >= 0.3 is 0 Å². The lowest BCUT2D eigenvalue weighted by atomic mass is 10.1. The third kappa shape index (κ3) is 5.42. The molecule has 9 heteroatoms. The first-order valence-corrected chi connectivity index (χ1v) is 8.83. The maximum atomic E-state index is 12.2. The molecule has 6 nitrogen and oxygen atoms in total. The molecule has 0 aliphatic heterocycles. The van der Waals surface area contributed by atoms with Crippen LogP contribution in [0.5, 0.6) is 11.5 Å². The average Bonchev–Trinajstić information content (AvgIpc) is 2.62. The zero-order valence-corrected chi connectivity index (χ0v) is 17.1. The van der Waals surface area contributed by atoms with Gasteiger partial charge in [-0.15, -0.1) is 0 Å². The minimum Gasteiger partial charge on any atom is -0.495 e. The minimum atomic E-state index is -0.468. The Hall–Kier alpha value is -2.15. The molecule has 2 rings (SSSR count). The summed E-state index contributed by atoms with van der Waals surface area (Å²) in [5, 5.41) is 3.42. The highest BCUT2D eigenvalue weighted by molar-refractivity contribution is 6.43. The van der Waals surface area contributed by atoms with Gasteiger partial charge in [-0.25, -0.2) is 0 Å². The van der Waals surface area contributed by atoms with Crippen molar-refractivity contribution in [2.45, 2.75) is 0 Å². The summed E-state index contributed by atoms with van der Waals surface area (Å²) in [5.74, 6) is -0.0344. The maximum absolute atomic E-state index is 12.2. The first kappa shape index (κ1) is 21.2. The van der Waals surface area contributed by atoms with Gasteiger partial charge in [-0.05, 0) is 24.3 Å². The average molecular weight is 432 g/mol. The van der Waals surface area contributed by atoms with Gasteiger partial charge in [0.2, 0.25) is 0 Å². The first-order chi connectivity index (χ1) is 12.7. The van der Waals surface area contributed by atoms with Crippen molar-refractivity contribution in [3.63, 3.8) is 0 Å². The number of nitrogens with zero attached hydrogens (tertiary/aromatic N) is 1. The van der Waals surface area contributed by atoms with Crippen LogP contribution < -0.4 is 14.8 Å². The number of benzene rings is 2. The second-order valence-electron chi connectivity index (χ2n) is 5.65. The third-order valence-electron chi connectivity index (χ3n) is 3.46. The fourth-order valence-electron chi connectivity index (χ4n) is 2.14. The van der Waals surface area contributed by atoms with Gasteiger partial charge in [0.1, 0.15) is 11.5 Å². The molecule has 0 heterocycles. The van der Waals surface area contributed by atoms with Crippen molar-refractivity contribution in [1.82, 2.24) is 4.90 Å². The molecule has 0 aromatic heterocycles. The number of hydrogen-bond acceptors (Lipinski definition) is 4. The molecule has 0 fully saturated rings. The van der Waals surface area contributed by atoms with E-state index in [-0.39, 0.29) is 33.3 Å². The summed E-state index contributed by atoms with van der Waals surface area (Å²) in [4.78, 5) is 25.8. The fourth-order valence-corrected chi connectivity index (χ4v) is 2.73. The molecular formula is C18H17Cl3N2O4. The Balaban J connectivity index is 2.12. The molecule has 0 radical (unpaired) electrons. The van der Waals surface area contributed by atoms with Crippen molar-refractivity contribution in [3.8, 4) is 11.5 Å². The summed E-state index contributed by atoms with van der Waals surface area (Å²) < 4.78 is 10.6. The van der Waals surface area contributed by atoms with Crippen LogP contribution in [0.25, 0.3) is 0 Å². The summed E-state index contributed by atoms with van der Waals surface area (Å²) in [5.41, 5.74) is 0.753. The number of carbonyl (C=O) groups is 2. The van der Waals surface area contributed by atoms with E-state index in [4.69, 9.17) is 44.3 Å². The molecule has 0 unspecified atom stereocenters. The number of anilines is 1. The molecule has 2 aromatic rings. The summed E-state index contributed by atoms with van der Waals surface area (Å²) in [6.45, 7) is -0.327. The molecular weight excluding hydrogens is 415 g/mol. The number of halogens is 3. The van der Waals surface area contributed by atoms with E-state index >= 15 is 0 Å². The Morgan fingerprint density at radius 3 is 2.30 bits per heavy atom. The highest BCUT2D eigenvalue weighted by atomic mass is 35.5. The van der Waals surface area contributed by atoms with Crippen LogP contribution in [0.3, 0.4) is 0 Å². The molecule has 0 aliphatic carbocycles. The third-order valence-corrected chi connectivity index (χ3v) is 4.48. The van der Waals surface area contributed by atoms with Crippen LogP contribution in [0.4, 0.5) is 5.69 Å². The van der Waals surface area contributed by atoms with Crippen molar-refractivity contribution < 1.29 is 19.1 Å². The summed E-state index contributed by atoms with van der Waals surface area (Å²) in [6, 6.07) is 7.60. The van der Waals surface area contributed by atoms with Crippen LogP contribution in [0.1, 0.15) is 10.4 Å². The van der Waals surface area contributed by atoms with E-state index in [9.17, 15) is 9.59 Å². The van der Waals surface area contributed by atoms with Crippen molar-refractivity contribution in [2.24, 2.45) is 0 Å². The molecule has 0 aliphatic rings. The highest BCUT2D eigenvalue weighted by Crippen LogP contribution is 2.34. The molecule has 0 bridgehead atoms. The predicted octanol–water partition coefficient (Wildman–Crippen LogP) is 4.37. The Morgan fingerprint density at radius 1 is 1.00 bits per heavy atom. The zero-order chi connectivity index (χ0) is 20.1. The fraction of sp³-hybridized carbons (Fsp3) is 0.222. The van der Waals surface area contributed by atoms with Crippen molar-refractivity contribution >= 4 is 52.3 Å². The lowest BCUT2D eigenvalue weighted by Crippen LogP contribution is -2.23. The predicted molar refractivity (Wildman–Crippen MR) is 107 cm³/mol. The van der Waals surface area contributed by atoms with Crippen LogP contribution in [-0.4, -0.2) is 44.5 Å². The van der Waals surface area contributed by atoms with E-state index < -0.39 is 5.91 Å². The van der Waals surface area contributed by atoms with Crippen molar-refractivity contribution in [3.05, 3.63) is 51.0 Å². The van der Waals surface area contributed by atoms with Crippen LogP contribution in [0, 0.1) is 0 Å². The number of carbonyl (C=O) groups excluding carboxylic acids is 2. The smallest absolute Gasteiger partial charge is 0.262 e. The Labute approximate surface area is 171 Å².